The van der Waals surface area contributed by atoms with Crippen LogP contribution in [0.15, 0.2) is 0 Å². The maximum atomic E-state index is 5.61. The van der Waals surface area contributed by atoms with Gasteiger partial charge in [0.1, 0.15) is 5.97 Å². The van der Waals surface area contributed by atoms with Crippen LogP contribution in [0.5, 0.6) is 0 Å². The van der Waals surface area contributed by atoms with Gasteiger partial charge in [-0.25, -0.2) is 0 Å². The molecule has 0 N–H and O–H groups in total. The summed E-state index contributed by atoms with van der Waals surface area (Å²) in [6.07, 6.45) is 6.31. The van der Waals surface area contributed by atoms with Gasteiger partial charge in [-0.2, -0.15) is 0 Å². The van der Waals surface area contributed by atoms with Crippen molar-refractivity contribution in [3.63, 3.8) is 0 Å². The second-order valence-corrected chi connectivity index (χ2v) is 4.29. The predicted octanol–water partition coefficient (Wildman–Crippen LogP) is 3.92. The minimum absolute atomic E-state index is 0. The summed E-state index contributed by atoms with van der Waals surface area (Å²) in [6, 6.07) is 0. The molecule has 18 heavy (non-hydrogen) atoms. The molecule has 4 heteroatoms. The molecule has 0 unspecified atom stereocenters. The van der Waals surface area contributed by atoms with E-state index in [1.54, 1.807) is 0 Å². The fraction of sp³-hybridized carbons (Fsp3) is 0.929. The van der Waals surface area contributed by atoms with Crippen LogP contribution in [0, 0.1) is 6.92 Å². The Labute approximate surface area is 128 Å². The number of rotatable bonds is 12. The van der Waals surface area contributed by atoms with Crippen LogP contribution in [0.2, 0.25) is 0 Å². The second kappa shape index (κ2) is 14.0. The van der Waals surface area contributed by atoms with Gasteiger partial charge < -0.3 is 14.2 Å². The fourth-order valence-corrected chi connectivity index (χ4v) is 1.24. The molecular weight excluding hydrogens is 264 g/mol. The average Bonchev–Trinajstić information content (AvgIpc) is 2.30. The van der Waals surface area contributed by atoms with Crippen LogP contribution >= 0.6 is 0 Å². The molecule has 0 saturated carbocycles. The van der Waals surface area contributed by atoms with Gasteiger partial charge in [0.2, 0.25) is 0 Å². The first-order chi connectivity index (χ1) is 8.18. The first-order valence-corrected chi connectivity index (χ1v) is 6.95. The third-order valence-corrected chi connectivity index (χ3v) is 2.46. The van der Waals surface area contributed by atoms with Crippen LogP contribution < -0.4 is 0 Å². The molecule has 0 aromatic heterocycles. The van der Waals surface area contributed by atoms with Crippen LogP contribution in [0.1, 0.15) is 59.3 Å². The summed E-state index contributed by atoms with van der Waals surface area (Å²) in [5.74, 6) is -1.10. The topological polar surface area (TPSA) is 27.7 Å². The predicted molar refractivity (Wildman–Crippen MR) is 70.7 cm³/mol. The molecule has 0 aliphatic carbocycles. The van der Waals surface area contributed by atoms with E-state index in [1.165, 1.54) is 0 Å². The minimum atomic E-state index is -1.10. The van der Waals surface area contributed by atoms with Crippen LogP contribution in [-0.2, 0) is 35.9 Å². The molecule has 0 atom stereocenters. The summed E-state index contributed by atoms with van der Waals surface area (Å²) < 4.78 is 16.8. The summed E-state index contributed by atoms with van der Waals surface area (Å²) >= 11 is 0. The van der Waals surface area contributed by atoms with Gasteiger partial charge in [-0.05, 0) is 19.3 Å². The SMILES string of the molecule is [CH2-]C(OCCCC)(OCCCC)OCCCC.[Ti]. The molecule has 0 aliphatic heterocycles. The van der Waals surface area contributed by atoms with Gasteiger partial charge in [-0.3, -0.25) is 6.92 Å². The standard InChI is InChI=1S/C14H29O3.Ti/c1-5-8-11-15-14(4,16-12-9-6-2)17-13-10-7-3;/h4-13H2,1-3H3;/q-1;. The van der Waals surface area contributed by atoms with Crippen molar-refractivity contribution in [1.82, 2.24) is 0 Å². The summed E-state index contributed by atoms with van der Waals surface area (Å²) in [4.78, 5) is 0. The van der Waals surface area contributed by atoms with Crippen LogP contribution in [-0.4, -0.2) is 25.8 Å². The zero-order valence-corrected chi connectivity index (χ0v) is 13.9. The van der Waals surface area contributed by atoms with Gasteiger partial charge in [0, 0.05) is 41.5 Å². The van der Waals surface area contributed by atoms with Gasteiger partial charge in [0.15, 0.2) is 0 Å². The molecular formula is C14H29O3Ti-. The molecule has 108 valence electrons. The van der Waals surface area contributed by atoms with Crippen molar-refractivity contribution in [3.05, 3.63) is 6.92 Å². The molecule has 0 aliphatic rings. The average molecular weight is 293 g/mol. The second-order valence-electron chi connectivity index (χ2n) is 4.29. The number of hydrogen-bond donors (Lipinski definition) is 0. The van der Waals surface area contributed by atoms with Gasteiger partial charge in [-0.15, -0.1) is 0 Å². The monoisotopic (exact) mass is 293 g/mol. The van der Waals surface area contributed by atoms with Crippen molar-refractivity contribution in [2.75, 3.05) is 19.8 Å². The van der Waals surface area contributed by atoms with E-state index in [0.717, 1.165) is 38.5 Å². The maximum Gasteiger partial charge on any atom is 0.146 e. The smallest absolute Gasteiger partial charge is 0.146 e. The summed E-state index contributed by atoms with van der Waals surface area (Å²) in [5, 5.41) is 0. The molecule has 0 saturated heterocycles. The maximum absolute atomic E-state index is 5.61. The van der Waals surface area contributed by atoms with Crippen molar-refractivity contribution < 1.29 is 35.9 Å². The third kappa shape index (κ3) is 11.7. The third-order valence-electron chi connectivity index (χ3n) is 2.46. The zero-order valence-electron chi connectivity index (χ0n) is 12.3. The number of unbranched alkanes of at least 4 members (excludes halogenated alkanes) is 3. The first kappa shape index (κ1) is 20.9. The molecule has 0 fully saturated rings. The minimum Gasteiger partial charge on any atom is -0.355 e. The van der Waals surface area contributed by atoms with Gasteiger partial charge in [-0.1, -0.05) is 40.0 Å². The Kier molecular flexibility index (Phi) is 16.3. The summed E-state index contributed by atoms with van der Waals surface area (Å²) in [5.41, 5.74) is 0. The van der Waals surface area contributed by atoms with E-state index in [9.17, 15) is 0 Å². The van der Waals surface area contributed by atoms with Crippen LogP contribution in [0.25, 0.3) is 0 Å². The van der Waals surface area contributed by atoms with Crippen molar-refractivity contribution in [2.45, 2.75) is 65.3 Å². The fourth-order valence-electron chi connectivity index (χ4n) is 1.24. The normalized spacial score (nSPS) is 11.3. The molecule has 3 nitrogen and oxygen atoms in total. The Morgan fingerprint density at radius 2 is 1.00 bits per heavy atom. The first-order valence-electron chi connectivity index (χ1n) is 6.95. The van der Waals surface area contributed by atoms with Crippen molar-refractivity contribution >= 4 is 0 Å². The molecule has 0 spiro atoms. The van der Waals surface area contributed by atoms with E-state index in [4.69, 9.17) is 14.2 Å². The quantitative estimate of drug-likeness (QED) is 0.236. The molecule has 0 bridgehead atoms. The van der Waals surface area contributed by atoms with E-state index in [0.29, 0.717) is 19.8 Å². The number of hydrogen-bond acceptors (Lipinski definition) is 3. The number of ether oxygens (including phenoxy) is 3. The zero-order chi connectivity index (χ0) is 13.0. The van der Waals surface area contributed by atoms with E-state index in [-0.39, 0.29) is 21.7 Å². The summed E-state index contributed by atoms with van der Waals surface area (Å²) in [7, 11) is 0. The Morgan fingerprint density at radius 1 is 0.722 bits per heavy atom. The van der Waals surface area contributed by atoms with Crippen LogP contribution in [0.3, 0.4) is 0 Å². The molecule has 0 radical (unpaired) electrons. The van der Waals surface area contributed by atoms with Gasteiger partial charge in [0.05, 0.1) is 0 Å². The van der Waals surface area contributed by atoms with Gasteiger partial charge in [0.25, 0.3) is 0 Å². The Balaban J connectivity index is 0. The Bertz CT molecular complexity index is 139. The van der Waals surface area contributed by atoms with Crippen LogP contribution in [0.4, 0.5) is 0 Å². The van der Waals surface area contributed by atoms with E-state index < -0.39 is 5.97 Å². The summed E-state index contributed by atoms with van der Waals surface area (Å²) in [6.45, 7) is 12.2. The molecule has 0 rings (SSSR count). The largest absolute Gasteiger partial charge is 0.355 e. The molecule has 0 aromatic carbocycles. The van der Waals surface area contributed by atoms with Crippen molar-refractivity contribution in [1.29, 1.82) is 0 Å². The molecule has 0 amide bonds. The van der Waals surface area contributed by atoms with E-state index in [1.807, 2.05) is 0 Å². The Hall–Kier alpha value is 0.594. The van der Waals surface area contributed by atoms with E-state index in [2.05, 4.69) is 27.7 Å². The van der Waals surface area contributed by atoms with Gasteiger partial charge >= 0.3 is 0 Å². The molecule has 0 aromatic rings. The van der Waals surface area contributed by atoms with Crippen molar-refractivity contribution in [3.8, 4) is 0 Å². The molecule has 0 heterocycles. The van der Waals surface area contributed by atoms with Crippen molar-refractivity contribution in [2.24, 2.45) is 0 Å². The van der Waals surface area contributed by atoms with E-state index >= 15 is 0 Å². The Morgan fingerprint density at radius 3 is 1.22 bits per heavy atom.